The maximum absolute atomic E-state index is 11.6. The van der Waals surface area contributed by atoms with Gasteiger partial charge in [-0.25, -0.2) is 13.4 Å². The molecule has 0 bridgehead atoms. The lowest BCUT2D eigenvalue weighted by molar-refractivity contribution is 0.582. The molecule has 86 valence electrons. The van der Waals surface area contributed by atoms with Crippen LogP contribution >= 0.6 is 11.3 Å². The van der Waals surface area contributed by atoms with Crippen molar-refractivity contribution in [3.63, 3.8) is 0 Å². The smallest absolute Gasteiger partial charge is 0.150 e. The summed E-state index contributed by atoms with van der Waals surface area (Å²) in [4.78, 5) is 5.19. The van der Waals surface area contributed by atoms with Gasteiger partial charge in [0.05, 0.1) is 22.7 Å². The Kier molecular flexibility index (Phi) is 4.28. The number of aryl methyl sites for hydroxylation is 2. The zero-order valence-corrected chi connectivity index (χ0v) is 11.0. The molecule has 15 heavy (non-hydrogen) atoms. The average molecular weight is 247 g/mol. The van der Waals surface area contributed by atoms with Gasteiger partial charge >= 0.3 is 0 Å². The maximum atomic E-state index is 11.6. The monoisotopic (exact) mass is 247 g/mol. The molecule has 0 saturated heterocycles. The van der Waals surface area contributed by atoms with Gasteiger partial charge in [0.25, 0.3) is 0 Å². The summed E-state index contributed by atoms with van der Waals surface area (Å²) < 4.78 is 23.3. The number of hydrogen-bond acceptors (Lipinski definition) is 4. The van der Waals surface area contributed by atoms with Crippen LogP contribution in [0.5, 0.6) is 0 Å². The van der Waals surface area contributed by atoms with Crippen molar-refractivity contribution in [1.29, 1.82) is 0 Å². The summed E-state index contributed by atoms with van der Waals surface area (Å²) in [6, 6.07) is 0. The summed E-state index contributed by atoms with van der Waals surface area (Å²) in [7, 11) is -2.89. The molecule has 0 aliphatic rings. The number of aromatic nitrogens is 1. The van der Waals surface area contributed by atoms with Gasteiger partial charge in [0, 0.05) is 4.88 Å². The third-order valence-electron chi connectivity index (χ3n) is 2.07. The van der Waals surface area contributed by atoms with Crippen LogP contribution in [0, 0.1) is 12.8 Å². The highest BCUT2D eigenvalue weighted by molar-refractivity contribution is 7.91. The zero-order chi connectivity index (χ0) is 11.5. The van der Waals surface area contributed by atoms with E-state index in [0.29, 0.717) is 6.42 Å². The van der Waals surface area contributed by atoms with Crippen molar-refractivity contribution in [2.45, 2.75) is 27.2 Å². The summed E-state index contributed by atoms with van der Waals surface area (Å²) in [6.45, 7) is 5.77. The molecule has 0 aliphatic heterocycles. The lowest BCUT2D eigenvalue weighted by Crippen LogP contribution is -2.16. The van der Waals surface area contributed by atoms with Gasteiger partial charge < -0.3 is 0 Å². The fourth-order valence-corrected chi connectivity index (χ4v) is 4.01. The van der Waals surface area contributed by atoms with E-state index in [1.807, 2.05) is 20.8 Å². The second-order valence-electron chi connectivity index (χ2n) is 4.12. The highest BCUT2D eigenvalue weighted by atomic mass is 32.2. The van der Waals surface area contributed by atoms with Crippen LogP contribution in [0.1, 0.15) is 24.4 Å². The van der Waals surface area contributed by atoms with Gasteiger partial charge in [0.15, 0.2) is 9.84 Å². The molecule has 5 heteroatoms. The van der Waals surface area contributed by atoms with E-state index in [-0.39, 0.29) is 17.4 Å². The van der Waals surface area contributed by atoms with Crippen molar-refractivity contribution in [1.82, 2.24) is 4.98 Å². The Labute approximate surface area is 95.5 Å². The Balaban J connectivity index is 2.54. The van der Waals surface area contributed by atoms with Crippen molar-refractivity contribution in [3.05, 3.63) is 16.1 Å². The van der Waals surface area contributed by atoms with Crippen LogP contribution in [-0.4, -0.2) is 24.9 Å². The topological polar surface area (TPSA) is 47.0 Å². The molecule has 0 atom stereocenters. The van der Waals surface area contributed by atoms with Crippen LogP contribution in [0.4, 0.5) is 0 Å². The quantitative estimate of drug-likeness (QED) is 0.800. The summed E-state index contributed by atoms with van der Waals surface area (Å²) in [6.07, 6.45) is 0.603. The Bertz CT molecular complexity index is 407. The highest BCUT2D eigenvalue weighted by Gasteiger charge is 2.14. The van der Waals surface area contributed by atoms with Gasteiger partial charge in [0.1, 0.15) is 0 Å². The zero-order valence-electron chi connectivity index (χ0n) is 9.36. The molecule has 0 spiro atoms. The van der Waals surface area contributed by atoms with Crippen molar-refractivity contribution in [2.75, 3.05) is 11.5 Å². The predicted octanol–water partition coefficient (Wildman–Crippen LogP) is 2.06. The van der Waals surface area contributed by atoms with E-state index in [2.05, 4.69) is 4.98 Å². The lowest BCUT2D eigenvalue weighted by Gasteiger charge is -2.06. The van der Waals surface area contributed by atoms with Crippen LogP contribution < -0.4 is 0 Å². The van der Waals surface area contributed by atoms with Crippen molar-refractivity contribution in [2.24, 2.45) is 5.92 Å². The Morgan fingerprint density at radius 1 is 1.47 bits per heavy atom. The number of thiazole rings is 1. The van der Waals surface area contributed by atoms with E-state index in [9.17, 15) is 8.42 Å². The summed E-state index contributed by atoms with van der Waals surface area (Å²) in [5.74, 6) is 0.733. The number of sulfone groups is 1. The van der Waals surface area contributed by atoms with Gasteiger partial charge in [-0.3, -0.25) is 0 Å². The van der Waals surface area contributed by atoms with Crippen LogP contribution in [0.3, 0.4) is 0 Å². The number of rotatable bonds is 5. The normalized spacial score (nSPS) is 12.3. The van der Waals surface area contributed by atoms with Crippen LogP contribution in [0.25, 0.3) is 0 Å². The van der Waals surface area contributed by atoms with Crippen LogP contribution in [0.15, 0.2) is 5.51 Å². The first-order chi connectivity index (χ1) is 6.91. The molecule has 0 N–H and O–H groups in total. The Morgan fingerprint density at radius 2 is 2.13 bits per heavy atom. The standard InChI is InChI=1S/C10H17NO2S2/c1-8(2)6-15(12,13)5-4-10-9(3)11-7-14-10/h7-8H,4-6H2,1-3H3. The summed E-state index contributed by atoms with van der Waals surface area (Å²) in [5.41, 5.74) is 2.72. The fraction of sp³-hybridized carbons (Fsp3) is 0.700. The molecular weight excluding hydrogens is 230 g/mol. The molecule has 0 fully saturated rings. The summed E-state index contributed by atoms with van der Waals surface area (Å²) in [5, 5.41) is 0. The molecule has 1 heterocycles. The fourth-order valence-electron chi connectivity index (χ4n) is 1.41. The van der Waals surface area contributed by atoms with E-state index in [0.717, 1.165) is 10.6 Å². The van der Waals surface area contributed by atoms with Gasteiger partial charge in [-0.1, -0.05) is 13.8 Å². The Morgan fingerprint density at radius 3 is 2.60 bits per heavy atom. The molecular formula is C10H17NO2S2. The van der Waals surface area contributed by atoms with Gasteiger partial charge in [-0.15, -0.1) is 11.3 Å². The minimum Gasteiger partial charge on any atom is -0.250 e. The second-order valence-corrected chi connectivity index (χ2v) is 7.29. The van der Waals surface area contributed by atoms with E-state index < -0.39 is 9.84 Å². The molecule has 0 radical (unpaired) electrons. The molecule has 0 aromatic carbocycles. The molecule has 1 rings (SSSR count). The first-order valence-corrected chi connectivity index (χ1v) is 7.70. The first-order valence-electron chi connectivity index (χ1n) is 5.00. The molecule has 3 nitrogen and oxygen atoms in total. The van der Waals surface area contributed by atoms with Gasteiger partial charge in [0.2, 0.25) is 0 Å². The third-order valence-corrected chi connectivity index (χ3v) is 5.07. The highest BCUT2D eigenvalue weighted by Crippen LogP contribution is 2.14. The molecule has 1 aromatic rings. The van der Waals surface area contributed by atoms with E-state index in [1.165, 1.54) is 11.3 Å². The SMILES string of the molecule is Cc1ncsc1CCS(=O)(=O)CC(C)C. The van der Waals surface area contributed by atoms with E-state index in [4.69, 9.17) is 0 Å². The van der Waals surface area contributed by atoms with Crippen molar-refractivity contribution < 1.29 is 8.42 Å². The molecule has 1 aromatic heterocycles. The van der Waals surface area contributed by atoms with Gasteiger partial charge in [-0.2, -0.15) is 0 Å². The number of hydrogen-bond donors (Lipinski definition) is 0. The van der Waals surface area contributed by atoms with E-state index in [1.54, 1.807) is 5.51 Å². The molecule has 0 saturated carbocycles. The minimum atomic E-state index is -2.89. The summed E-state index contributed by atoms with van der Waals surface area (Å²) >= 11 is 1.53. The Hall–Kier alpha value is -0.420. The molecule has 0 unspecified atom stereocenters. The van der Waals surface area contributed by atoms with Crippen molar-refractivity contribution in [3.8, 4) is 0 Å². The number of nitrogens with zero attached hydrogens (tertiary/aromatic N) is 1. The lowest BCUT2D eigenvalue weighted by atomic mass is 10.3. The van der Waals surface area contributed by atoms with Gasteiger partial charge in [-0.05, 0) is 19.3 Å². The molecule has 0 amide bonds. The second kappa shape index (κ2) is 5.07. The van der Waals surface area contributed by atoms with Crippen LogP contribution in [-0.2, 0) is 16.3 Å². The average Bonchev–Trinajstić information content (AvgIpc) is 2.45. The largest absolute Gasteiger partial charge is 0.250 e. The third kappa shape index (κ3) is 4.30. The van der Waals surface area contributed by atoms with E-state index >= 15 is 0 Å². The van der Waals surface area contributed by atoms with Crippen molar-refractivity contribution >= 4 is 21.2 Å². The predicted molar refractivity (Wildman–Crippen MR) is 64.0 cm³/mol. The molecule has 0 aliphatic carbocycles. The maximum Gasteiger partial charge on any atom is 0.150 e. The van der Waals surface area contributed by atoms with Crippen LogP contribution in [0.2, 0.25) is 0 Å². The minimum absolute atomic E-state index is 0.206. The first kappa shape index (κ1) is 12.6.